The summed E-state index contributed by atoms with van der Waals surface area (Å²) in [7, 11) is 1.35. The molecule has 1 N–H and O–H groups in total. The molecular formula is C25H24F5N7O3. The van der Waals surface area contributed by atoms with Gasteiger partial charge in [0.25, 0.3) is 0 Å². The maximum Gasteiger partial charge on any atom is 0.493 e. The number of hydrogen-bond acceptors (Lipinski definition) is 7. The lowest BCUT2D eigenvalue weighted by molar-refractivity contribution is -0.234. The van der Waals surface area contributed by atoms with Gasteiger partial charge in [-0.25, -0.2) is 28.2 Å². The number of rotatable bonds is 5. The highest BCUT2D eigenvalue weighted by molar-refractivity contribution is 5.86. The molecule has 40 heavy (non-hydrogen) atoms. The van der Waals surface area contributed by atoms with Crippen molar-refractivity contribution in [3.05, 3.63) is 65.7 Å². The molecule has 0 amide bonds. The number of ether oxygens (including phenoxy) is 1. The van der Waals surface area contributed by atoms with Crippen LogP contribution in [0.25, 0.3) is 5.69 Å². The van der Waals surface area contributed by atoms with E-state index >= 15 is 4.39 Å². The van der Waals surface area contributed by atoms with E-state index < -0.39 is 35.9 Å². The first-order chi connectivity index (χ1) is 19.0. The van der Waals surface area contributed by atoms with E-state index in [4.69, 9.17) is 9.57 Å². The van der Waals surface area contributed by atoms with Crippen molar-refractivity contribution in [2.24, 2.45) is 4.99 Å². The van der Waals surface area contributed by atoms with Gasteiger partial charge in [-0.05, 0) is 37.5 Å². The third-order valence-corrected chi connectivity index (χ3v) is 6.57. The fourth-order valence-electron chi connectivity index (χ4n) is 4.76. The number of alkyl halides is 3. The van der Waals surface area contributed by atoms with Gasteiger partial charge in [-0.15, -0.1) is 0 Å². The molecule has 5 rings (SSSR count). The molecule has 0 bridgehead atoms. The molecule has 2 aliphatic rings. The number of nitrogens with one attached hydrogen (secondary N) is 1. The highest BCUT2D eigenvalue weighted by Crippen LogP contribution is 2.38. The SMILES string of the molecule is COc1cc(N=C2NN3CCCCC(c4ccc(F)cc4)C3N2OC(=O)C(F)(F)F)c(F)cc1-n1cnc(C)n1. The zero-order valence-corrected chi connectivity index (χ0v) is 21.3. The van der Waals surface area contributed by atoms with E-state index in [0.717, 1.165) is 6.07 Å². The average Bonchev–Trinajstić information content (AvgIpc) is 3.41. The Morgan fingerprint density at radius 3 is 2.55 bits per heavy atom. The van der Waals surface area contributed by atoms with E-state index in [2.05, 4.69) is 20.5 Å². The summed E-state index contributed by atoms with van der Waals surface area (Å²) in [5.41, 5.74) is 3.40. The third-order valence-electron chi connectivity index (χ3n) is 6.57. The number of hydrazine groups is 1. The van der Waals surface area contributed by atoms with Gasteiger partial charge in [0.15, 0.2) is 5.82 Å². The first-order valence-electron chi connectivity index (χ1n) is 12.3. The molecule has 0 aliphatic carbocycles. The highest BCUT2D eigenvalue weighted by atomic mass is 19.4. The predicted octanol–water partition coefficient (Wildman–Crippen LogP) is 4.29. The lowest BCUT2D eigenvalue weighted by Crippen LogP contribution is -2.46. The van der Waals surface area contributed by atoms with Crippen LogP contribution < -0.4 is 10.2 Å². The van der Waals surface area contributed by atoms with Gasteiger partial charge in [-0.1, -0.05) is 18.6 Å². The van der Waals surface area contributed by atoms with E-state index in [1.54, 1.807) is 11.9 Å². The first-order valence-corrected chi connectivity index (χ1v) is 12.3. The monoisotopic (exact) mass is 565 g/mol. The molecule has 2 unspecified atom stereocenters. The zero-order chi connectivity index (χ0) is 28.6. The van der Waals surface area contributed by atoms with E-state index in [9.17, 15) is 22.4 Å². The molecule has 212 valence electrons. The molecule has 1 aromatic heterocycles. The molecule has 2 saturated heterocycles. The lowest BCUT2D eigenvalue weighted by atomic mass is 9.91. The molecule has 2 aliphatic heterocycles. The van der Waals surface area contributed by atoms with E-state index in [1.807, 2.05) is 0 Å². The Hall–Kier alpha value is -4.27. The number of hydrogen-bond donors (Lipinski definition) is 1. The van der Waals surface area contributed by atoms with Gasteiger partial charge in [0.1, 0.15) is 41.3 Å². The number of fused-ring (bicyclic) bond motifs is 1. The number of methoxy groups -OCH3 is 1. The van der Waals surface area contributed by atoms with Crippen LogP contribution in [-0.4, -0.2) is 62.8 Å². The van der Waals surface area contributed by atoms with Crippen molar-refractivity contribution in [2.75, 3.05) is 13.7 Å². The molecule has 2 atom stereocenters. The van der Waals surface area contributed by atoms with Crippen molar-refractivity contribution in [3.63, 3.8) is 0 Å². The lowest BCUT2D eigenvalue weighted by Gasteiger charge is -2.32. The predicted molar refractivity (Wildman–Crippen MR) is 130 cm³/mol. The number of guanidine groups is 1. The van der Waals surface area contributed by atoms with Crippen molar-refractivity contribution in [1.29, 1.82) is 0 Å². The van der Waals surface area contributed by atoms with E-state index in [-0.39, 0.29) is 23.1 Å². The second-order valence-corrected chi connectivity index (χ2v) is 9.22. The molecule has 3 heterocycles. The number of aliphatic imine (C=N–C) groups is 1. The normalized spacial score (nSPS) is 20.7. The van der Waals surface area contributed by atoms with Gasteiger partial charge >= 0.3 is 12.1 Å². The Kier molecular flexibility index (Phi) is 7.31. The van der Waals surface area contributed by atoms with Crippen LogP contribution in [-0.2, 0) is 9.63 Å². The molecule has 0 saturated carbocycles. The fraction of sp³-hybridized carbons (Fsp3) is 0.360. The number of aryl methyl sites for hydroxylation is 1. The average molecular weight is 566 g/mol. The maximum absolute atomic E-state index is 15.3. The van der Waals surface area contributed by atoms with Crippen LogP contribution in [0.4, 0.5) is 27.6 Å². The zero-order valence-electron chi connectivity index (χ0n) is 21.3. The minimum absolute atomic E-state index is 0.154. The van der Waals surface area contributed by atoms with Crippen LogP contribution in [0.2, 0.25) is 0 Å². The largest absolute Gasteiger partial charge is 0.494 e. The van der Waals surface area contributed by atoms with Crippen molar-refractivity contribution in [1.82, 2.24) is 30.3 Å². The summed E-state index contributed by atoms with van der Waals surface area (Å²) in [5.74, 6) is -4.06. The van der Waals surface area contributed by atoms with Gasteiger partial charge < -0.3 is 9.57 Å². The topological polar surface area (TPSA) is 97.1 Å². The third kappa shape index (κ3) is 5.41. The van der Waals surface area contributed by atoms with Gasteiger partial charge in [0.2, 0.25) is 5.96 Å². The quantitative estimate of drug-likeness (QED) is 0.458. The number of hydroxylamine groups is 2. The molecule has 3 aromatic rings. The Balaban J connectivity index is 1.58. The summed E-state index contributed by atoms with van der Waals surface area (Å²) in [6, 6.07) is 7.87. The number of halogens is 5. The van der Waals surface area contributed by atoms with Gasteiger partial charge in [0.05, 0.1) is 7.11 Å². The van der Waals surface area contributed by atoms with Gasteiger partial charge in [0, 0.05) is 24.6 Å². The van der Waals surface area contributed by atoms with Gasteiger partial charge in [-0.3, -0.25) is 5.43 Å². The van der Waals surface area contributed by atoms with Crippen molar-refractivity contribution in [2.45, 2.75) is 44.4 Å². The standard InChI is InChI=1S/C25H24F5N7O3/c1-14-31-13-36(33-14)20-11-18(27)19(12-21(20)39-2)32-24-34-35-10-4-3-5-17(15-6-8-16(26)9-7-15)22(35)37(24)40-23(38)25(28,29)30/h6-9,11-13,17,22H,3-5,10H2,1-2H3,(H,32,34). The summed E-state index contributed by atoms with van der Waals surface area (Å²) < 4.78 is 75.5. The summed E-state index contributed by atoms with van der Waals surface area (Å²) in [4.78, 5) is 25.0. The van der Waals surface area contributed by atoms with E-state index in [1.165, 1.54) is 48.5 Å². The summed E-state index contributed by atoms with van der Waals surface area (Å²) in [6.45, 7) is 2.01. The van der Waals surface area contributed by atoms with Crippen molar-refractivity contribution in [3.8, 4) is 11.4 Å². The summed E-state index contributed by atoms with van der Waals surface area (Å²) in [6.07, 6.45) is -3.06. The molecular weight excluding hydrogens is 541 g/mol. The maximum atomic E-state index is 15.3. The van der Waals surface area contributed by atoms with Crippen molar-refractivity contribution < 1.29 is 36.3 Å². The molecule has 0 spiro atoms. The smallest absolute Gasteiger partial charge is 0.493 e. The van der Waals surface area contributed by atoms with Crippen LogP contribution in [0.3, 0.4) is 0 Å². The molecule has 15 heteroatoms. The molecule has 2 aromatic carbocycles. The van der Waals surface area contributed by atoms with Gasteiger partial charge in [-0.2, -0.15) is 28.3 Å². The number of carbonyl (C=O) groups excluding carboxylic acids is 1. The van der Waals surface area contributed by atoms with Crippen LogP contribution in [0, 0.1) is 18.6 Å². The summed E-state index contributed by atoms with van der Waals surface area (Å²) >= 11 is 0. The Bertz CT molecular complexity index is 1430. The minimum atomic E-state index is -5.30. The number of benzene rings is 2. The molecule has 10 nitrogen and oxygen atoms in total. The van der Waals surface area contributed by atoms with Crippen molar-refractivity contribution >= 4 is 17.6 Å². The second-order valence-electron chi connectivity index (χ2n) is 9.22. The Morgan fingerprint density at radius 2 is 1.90 bits per heavy atom. The van der Waals surface area contributed by atoms with Crippen LogP contribution >= 0.6 is 0 Å². The molecule has 0 radical (unpaired) electrons. The molecule has 2 fully saturated rings. The Morgan fingerprint density at radius 1 is 1.15 bits per heavy atom. The number of carbonyl (C=O) groups is 1. The number of nitrogens with zero attached hydrogens (tertiary/aromatic N) is 6. The number of aromatic nitrogens is 3. The highest BCUT2D eigenvalue weighted by Gasteiger charge is 2.50. The van der Waals surface area contributed by atoms with Crippen LogP contribution in [0.15, 0.2) is 47.7 Å². The van der Waals surface area contributed by atoms with Crippen LogP contribution in [0.1, 0.15) is 36.6 Å². The summed E-state index contributed by atoms with van der Waals surface area (Å²) in [5, 5.41) is 6.42. The first kappa shape index (κ1) is 27.3. The van der Waals surface area contributed by atoms with Crippen LogP contribution in [0.5, 0.6) is 5.75 Å². The van der Waals surface area contributed by atoms with E-state index in [0.29, 0.717) is 42.3 Å². The fourth-order valence-corrected chi connectivity index (χ4v) is 4.76. The minimum Gasteiger partial charge on any atom is -0.494 e. The Labute approximate surface area is 224 Å². The second kappa shape index (κ2) is 10.7.